The summed E-state index contributed by atoms with van der Waals surface area (Å²) in [5.41, 5.74) is 0. The number of benzene rings is 1. The van der Waals surface area contributed by atoms with Gasteiger partial charge in [0.2, 0.25) is 0 Å². The van der Waals surface area contributed by atoms with Crippen LogP contribution < -0.4 is 0 Å². The van der Waals surface area contributed by atoms with Crippen LogP contribution in [0.2, 0.25) is 0 Å². The molecule has 0 saturated heterocycles. The summed E-state index contributed by atoms with van der Waals surface area (Å²) in [5.74, 6) is 0. The van der Waals surface area contributed by atoms with E-state index in [9.17, 15) is 0 Å². The van der Waals surface area contributed by atoms with Crippen molar-refractivity contribution in [2.45, 2.75) is 0 Å². The first kappa shape index (κ1) is 7.16. The predicted molar refractivity (Wildman–Crippen MR) is 43.5 cm³/mol. The minimum Gasteiger partial charge on any atom is -0.471 e. The maximum atomic E-state index is 4.96. The largest absolute Gasteiger partial charge is 0.471 e. The third kappa shape index (κ3) is 1.00. The molecule has 52 valence electrons. The van der Waals surface area contributed by atoms with Crippen molar-refractivity contribution in [3.63, 3.8) is 0 Å². The third-order valence-corrected chi connectivity index (χ3v) is 1.39. The van der Waals surface area contributed by atoms with Gasteiger partial charge in [-0.25, -0.2) is 0 Å². The summed E-state index contributed by atoms with van der Waals surface area (Å²) in [6, 6.07) is 8.05. The fourth-order valence-electron chi connectivity index (χ4n) is 0.906. The van der Waals surface area contributed by atoms with Crippen molar-refractivity contribution in [2.24, 2.45) is 0 Å². The Morgan fingerprint density at radius 3 is 1.90 bits per heavy atom. The molecule has 0 atom stereocenters. The monoisotopic (exact) mass is 154 g/mol. The third-order valence-electron chi connectivity index (χ3n) is 1.39. The second kappa shape index (κ2) is 2.76. The number of hydrogen-bond donors (Lipinski definition) is 0. The van der Waals surface area contributed by atoms with Crippen LogP contribution in [-0.2, 0) is 0 Å². The van der Waals surface area contributed by atoms with Gasteiger partial charge in [0.1, 0.15) is 0 Å². The van der Waals surface area contributed by atoms with Crippen molar-refractivity contribution in [3.05, 3.63) is 36.8 Å². The zero-order chi connectivity index (χ0) is 6.10. The van der Waals surface area contributed by atoms with Crippen molar-refractivity contribution < 1.29 is 4.42 Å². The lowest BCUT2D eigenvalue weighted by Crippen LogP contribution is -1.57. The van der Waals surface area contributed by atoms with Gasteiger partial charge in [0, 0.05) is 10.8 Å². The van der Waals surface area contributed by atoms with Crippen molar-refractivity contribution in [1.82, 2.24) is 0 Å². The zero-order valence-electron chi connectivity index (χ0n) is 5.28. The molecule has 1 aromatic carbocycles. The first-order valence-corrected chi connectivity index (χ1v) is 2.88. The number of furan rings is 1. The smallest absolute Gasteiger partial charge is 0.0981 e. The van der Waals surface area contributed by atoms with Crippen molar-refractivity contribution >= 4 is 23.2 Å². The lowest BCUT2D eigenvalue weighted by Gasteiger charge is -1.80. The molecule has 0 saturated carbocycles. The molecule has 0 unspecified atom stereocenters. The van der Waals surface area contributed by atoms with E-state index in [1.807, 2.05) is 24.3 Å². The SMILES string of the molecule is Cl.c1ccc2cocc2c1. The summed E-state index contributed by atoms with van der Waals surface area (Å²) in [6.45, 7) is 0. The summed E-state index contributed by atoms with van der Waals surface area (Å²) in [7, 11) is 0. The molecular formula is C8H7ClO. The molecule has 0 radical (unpaired) electrons. The van der Waals surface area contributed by atoms with Crippen molar-refractivity contribution in [2.75, 3.05) is 0 Å². The van der Waals surface area contributed by atoms with Crippen LogP contribution in [0.4, 0.5) is 0 Å². The second-order valence-corrected chi connectivity index (χ2v) is 2.00. The number of hydrogen-bond acceptors (Lipinski definition) is 1. The first-order valence-electron chi connectivity index (χ1n) is 2.88. The van der Waals surface area contributed by atoms with Gasteiger partial charge in [0.05, 0.1) is 12.5 Å². The Balaban J connectivity index is 0.000000500. The number of halogens is 1. The molecule has 0 N–H and O–H groups in total. The van der Waals surface area contributed by atoms with Gasteiger partial charge >= 0.3 is 0 Å². The van der Waals surface area contributed by atoms with Gasteiger partial charge in [-0.3, -0.25) is 0 Å². The van der Waals surface area contributed by atoms with E-state index in [1.54, 1.807) is 12.5 Å². The summed E-state index contributed by atoms with van der Waals surface area (Å²) in [4.78, 5) is 0. The van der Waals surface area contributed by atoms with Crippen LogP contribution in [0, 0.1) is 0 Å². The molecule has 0 aliphatic carbocycles. The van der Waals surface area contributed by atoms with Gasteiger partial charge in [-0.2, -0.15) is 0 Å². The van der Waals surface area contributed by atoms with Crippen LogP contribution in [0.5, 0.6) is 0 Å². The number of rotatable bonds is 0. The Morgan fingerprint density at radius 1 is 0.900 bits per heavy atom. The molecule has 0 amide bonds. The van der Waals surface area contributed by atoms with E-state index in [0.717, 1.165) is 10.8 Å². The highest BCUT2D eigenvalue weighted by atomic mass is 35.5. The Hall–Kier alpha value is -0.950. The van der Waals surface area contributed by atoms with Crippen LogP contribution in [-0.4, -0.2) is 0 Å². The van der Waals surface area contributed by atoms with E-state index < -0.39 is 0 Å². The van der Waals surface area contributed by atoms with E-state index in [2.05, 4.69) is 0 Å². The summed E-state index contributed by atoms with van der Waals surface area (Å²) in [6.07, 6.45) is 3.49. The standard InChI is InChI=1S/C8H6O.ClH/c1-2-4-8-6-9-5-7(8)3-1;/h1-6H;1H. The minimum atomic E-state index is 0. The average molecular weight is 155 g/mol. The molecule has 2 rings (SSSR count). The maximum absolute atomic E-state index is 4.96. The minimum absolute atomic E-state index is 0. The maximum Gasteiger partial charge on any atom is 0.0981 e. The van der Waals surface area contributed by atoms with Gasteiger partial charge in [-0.15, -0.1) is 12.4 Å². The molecule has 0 aliphatic rings. The molecule has 0 fully saturated rings. The molecule has 1 nitrogen and oxygen atoms in total. The molecule has 0 spiro atoms. The molecule has 1 heterocycles. The zero-order valence-corrected chi connectivity index (χ0v) is 6.10. The number of fused-ring (bicyclic) bond motifs is 1. The quantitative estimate of drug-likeness (QED) is 0.569. The molecular weight excluding hydrogens is 148 g/mol. The summed E-state index contributed by atoms with van der Waals surface area (Å²) < 4.78 is 4.96. The van der Waals surface area contributed by atoms with Crippen LogP contribution in [0.1, 0.15) is 0 Å². The highest BCUT2D eigenvalue weighted by molar-refractivity contribution is 5.85. The highest BCUT2D eigenvalue weighted by Gasteiger charge is 1.89. The Kier molecular flexibility index (Phi) is 1.97. The average Bonchev–Trinajstić information content (AvgIpc) is 2.33. The lowest BCUT2D eigenvalue weighted by molar-refractivity contribution is 0.572. The Bertz CT molecular complexity index is 283. The molecule has 0 bridgehead atoms. The van der Waals surface area contributed by atoms with Crippen LogP contribution >= 0.6 is 12.4 Å². The van der Waals surface area contributed by atoms with E-state index in [0.29, 0.717) is 0 Å². The molecule has 0 aliphatic heterocycles. The van der Waals surface area contributed by atoms with E-state index in [-0.39, 0.29) is 12.4 Å². The molecule has 1 aromatic heterocycles. The van der Waals surface area contributed by atoms with E-state index in [1.165, 1.54) is 0 Å². The fourth-order valence-corrected chi connectivity index (χ4v) is 0.906. The van der Waals surface area contributed by atoms with E-state index >= 15 is 0 Å². The highest BCUT2D eigenvalue weighted by Crippen LogP contribution is 2.12. The van der Waals surface area contributed by atoms with Crippen molar-refractivity contribution in [3.8, 4) is 0 Å². The normalized spacial score (nSPS) is 9.20. The Labute approximate surface area is 65.1 Å². The summed E-state index contributed by atoms with van der Waals surface area (Å²) in [5, 5.41) is 2.33. The molecule has 10 heavy (non-hydrogen) atoms. The first-order chi connectivity index (χ1) is 4.47. The van der Waals surface area contributed by atoms with Gasteiger partial charge in [0.15, 0.2) is 0 Å². The van der Waals surface area contributed by atoms with Crippen LogP contribution in [0.25, 0.3) is 10.8 Å². The topological polar surface area (TPSA) is 13.1 Å². The van der Waals surface area contributed by atoms with Crippen LogP contribution in [0.3, 0.4) is 0 Å². The Morgan fingerprint density at radius 2 is 1.40 bits per heavy atom. The lowest BCUT2D eigenvalue weighted by atomic mass is 10.2. The van der Waals surface area contributed by atoms with Gasteiger partial charge < -0.3 is 4.42 Å². The fraction of sp³-hybridized carbons (Fsp3) is 0. The van der Waals surface area contributed by atoms with E-state index in [4.69, 9.17) is 4.42 Å². The molecule has 2 heteroatoms. The van der Waals surface area contributed by atoms with Gasteiger partial charge in [-0.1, -0.05) is 24.3 Å². The van der Waals surface area contributed by atoms with Gasteiger partial charge in [-0.05, 0) is 0 Å². The van der Waals surface area contributed by atoms with Crippen molar-refractivity contribution in [1.29, 1.82) is 0 Å². The van der Waals surface area contributed by atoms with Crippen LogP contribution in [0.15, 0.2) is 41.2 Å². The molecule has 2 aromatic rings. The summed E-state index contributed by atoms with van der Waals surface area (Å²) >= 11 is 0. The predicted octanol–water partition coefficient (Wildman–Crippen LogP) is 2.85. The second-order valence-electron chi connectivity index (χ2n) is 2.00. The van der Waals surface area contributed by atoms with Gasteiger partial charge in [0.25, 0.3) is 0 Å².